The summed E-state index contributed by atoms with van der Waals surface area (Å²) in [4.78, 5) is 25.6. The molecular weight excluding hydrogens is 364 g/mol. The molecule has 0 saturated carbocycles. The summed E-state index contributed by atoms with van der Waals surface area (Å²) < 4.78 is 0. The summed E-state index contributed by atoms with van der Waals surface area (Å²) in [6.45, 7) is 0.0408. The first kappa shape index (κ1) is 19.5. The van der Waals surface area contributed by atoms with Crippen LogP contribution in [0.2, 0.25) is 5.02 Å². The summed E-state index contributed by atoms with van der Waals surface area (Å²) in [5.41, 5.74) is 0.567. The highest BCUT2D eigenvalue weighted by atomic mass is 35.5. The first-order valence-corrected chi connectivity index (χ1v) is 10.9. The largest absolute Gasteiger partial charge is 0.336 e. The van der Waals surface area contributed by atoms with Crippen LogP contribution in [-0.4, -0.2) is 41.3 Å². The van der Waals surface area contributed by atoms with Gasteiger partial charge in [-0.1, -0.05) is 51.7 Å². The van der Waals surface area contributed by atoms with Gasteiger partial charge in [-0.2, -0.15) is 0 Å². The second kappa shape index (κ2) is 10.2. The summed E-state index contributed by atoms with van der Waals surface area (Å²) in [5, 5.41) is 3.97. The van der Waals surface area contributed by atoms with Gasteiger partial charge >= 0.3 is 0 Å². The van der Waals surface area contributed by atoms with Gasteiger partial charge in [0, 0.05) is 24.5 Å². The maximum atomic E-state index is 12.1. The normalized spacial score (nSPS) is 16.8. The molecule has 1 aliphatic rings. The molecule has 1 heterocycles. The van der Waals surface area contributed by atoms with E-state index in [1.165, 1.54) is 23.5 Å². The van der Waals surface area contributed by atoms with E-state index in [-0.39, 0.29) is 18.4 Å². The maximum Gasteiger partial charge on any atom is 0.244 e. The van der Waals surface area contributed by atoms with Gasteiger partial charge in [0.05, 0.1) is 17.3 Å². The number of rotatable bonds is 8. The number of para-hydroxylation sites is 1. The number of unbranched alkanes of at least 4 members (excludes halogenated alkanes) is 1. The zero-order chi connectivity index (χ0) is 17.4. The predicted molar refractivity (Wildman–Crippen MR) is 105 cm³/mol. The second-order valence-corrected chi connectivity index (χ2v) is 9.05. The molecule has 7 heteroatoms. The molecule has 132 valence electrons. The fourth-order valence-corrected chi connectivity index (χ4v) is 5.67. The lowest BCUT2D eigenvalue weighted by atomic mass is 10.1. The minimum atomic E-state index is -0.238. The highest BCUT2D eigenvalue weighted by Gasteiger charge is 2.17. The van der Waals surface area contributed by atoms with Crippen LogP contribution in [0.25, 0.3) is 0 Å². The van der Waals surface area contributed by atoms with Crippen LogP contribution >= 0.6 is 33.2 Å². The summed E-state index contributed by atoms with van der Waals surface area (Å²) in [5.74, 6) is 1.02. The Bertz CT molecular complexity index is 565. The van der Waals surface area contributed by atoms with Gasteiger partial charge in [-0.05, 0) is 31.4 Å². The van der Waals surface area contributed by atoms with Gasteiger partial charge in [0.1, 0.15) is 0 Å². The molecular formula is C17H23ClN2O2S2. The van der Waals surface area contributed by atoms with Crippen LogP contribution in [-0.2, 0) is 9.59 Å². The highest BCUT2D eigenvalue weighted by Crippen LogP contribution is 2.39. The third-order valence-corrected chi connectivity index (χ3v) is 7.18. The number of carbonyl (C=O) groups is 2. The van der Waals surface area contributed by atoms with E-state index in [0.29, 0.717) is 17.1 Å². The summed E-state index contributed by atoms with van der Waals surface area (Å²) in [7, 11) is 5.59. The fourth-order valence-electron chi connectivity index (χ4n) is 2.46. The first-order valence-electron chi connectivity index (χ1n) is 8.13. The number of halogens is 1. The molecule has 2 rings (SSSR count). The lowest BCUT2D eigenvalue weighted by Crippen LogP contribution is -2.34. The Labute approximate surface area is 156 Å². The van der Waals surface area contributed by atoms with E-state index in [1.54, 1.807) is 31.3 Å². The van der Waals surface area contributed by atoms with E-state index < -0.39 is 0 Å². The van der Waals surface area contributed by atoms with Gasteiger partial charge < -0.3 is 10.2 Å². The van der Waals surface area contributed by atoms with Gasteiger partial charge in [-0.15, -0.1) is 0 Å². The molecule has 1 fully saturated rings. The molecule has 0 bridgehead atoms. The Morgan fingerprint density at radius 3 is 2.83 bits per heavy atom. The third kappa shape index (κ3) is 6.57. The third-order valence-electron chi connectivity index (χ3n) is 3.85. The number of amides is 2. The number of nitrogens with one attached hydrogen (secondary N) is 1. The molecule has 4 nitrogen and oxygen atoms in total. The molecule has 2 amide bonds. The Morgan fingerprint density at radius 2 is 2.12 bits per heavy atom. The van der Waals surface area contributed by atoms with Crippen molar-refractivity contribution in [3.8, 4) is 0 Å². The molecule has 1 N–H and O–H groups in total. The van der Waals surface area contributed by atoms with E-state index in [1.807, 2.05) is 21.6 Å². The van der Waals surface area contributed by atoms with Gasteiger partial charge in [-0.3, -0.25) is 9.59 Å². The molecule has 1 atom stereocenters. The monoisotopic (exact) mass is 386 g/mol. The van der Waals surface area contributed by atoms with Crippen molar-refractivity contribution in [1.29, 1.82) is 0 Å². The number of nitrogens with zero attached hydrogens (tertiary/aromatic N) is 1. The van der Waals surface area contributed by atoms with Crippen LogP contribution < -0.4 is 5.32 Å². The molecule has 0 aliphatic carbocycles. The van der Waals surface area contributed by atoms with E-state index in [2.05, 4.69) is 5.32 Å². The van der Waals surface area contributed by atoms with Gasteiger partial charge in [0.25, 0.3) is 0 Å². The molecule has 0 aromatic heterocycles. The van der Waals surface area contributed by atoms with Crippen LogP contribution in [0.3, 0.4) is 0 Å². The molecule has 1 aliphatic heterocycles. The van der Waals surface area contributed by atoms with Crippen molar-refractivity contribution in [2.45, 2.75) is 37.4 Å². The minimum absolute atomic E-state index is 0.0118. The maximum absolute atomic E-state index is 12.1. The SMILES string of the molecule is CN(CC(=O)Nc1ccccc1Cl)C(=O)CCCC[C@H]1CCSS1. The zero-order valence-corrected chi connectivity index (χ0v) is 16.2. The average molecular weight is 387 g/mol. The molecule has 24 heavy (non-hydrogen) atoms. The Kier molecular flexibility index (Phi) is 8.29. The smallest absolute Gasteiger partial charge is 0.244 e. The quantitative estimate of drug-likeness (QED) is 0.529. The van der Waals surface area contributed by atoms with Crippen molar-refractivity contribution < 1.29 is 9.59 Å². The molecule has 1 aromatic carbocycles. The summed E-state index contributed by atoms with van der Waals surface area (Å²) in [6, 6.07) is 7.06. The molecule has 1 aromatic rings. The van der Waals surface area contributed by atoms with Gasteiger partial charge in [0.2, 0.25) is 11.8 Å². The minimum Gasteiger partial charge on any atom is -0.336 e. The van der Waals surface area contributed by atoms with Crippen LogP contribution in [0.1, 0.15) is 32.1 Å². The van der Waals surface area contributed by atoms with Crippen molar-refractivity contribution in [1.82, 2.24) is 4.90 Å². The second-order valence-electron chi connectivity index (χ2n) is 5.85. The van der Waals surface area contributed by atoms with E-state index >= 15 is 0 Å². The van der Waals surface area contributed by atoms with E-state index in [4.69, 9.17) is 11.6 Å². The van der Waals surface area contributed by atoms with Crippen molar-refractivity contribution in [2.75, 3.05) is 24.7 Å². The molecule has 0 spiro atoms. The number of likely N-dealkylation sites (N-methyl/N-ethyl adjacent to an activating group) is 1. The Hall–Kier alpha value is -0.850. The fraction of sp³-hybridized carbons (Fsp3) is 0.529. The lowest BCUT2D eigenvalue weighted by molar-refractivity contribution is -0.133. The topological polar surface area (TPSA) is 49.4 Å². The van der Waals surface area contributed by atoms with Crippen molar-refractivity contribution >= 4 is 50.7 Å². The summed E-state index contributed by atoms with van der Waals surface area (Å²) >= 11 is 6.01. The van der Waals surface area contributed by atoms with Crippen molar-refractivity contribution in [3.63, 3.8) is 0 Å². The van der Waals surface area contributed by atoms with E-state index in [9.17, 15) is 9.59 Å². The number of hydrogen-bond donors (Lipinski definition) is 1. The molecule has 0 unspecified atom stereocenters. The standard InChI is InChI=1S/C17H23ClN2O2S2/c1-20(12-16(21)19-15-8-4-3-7-14(15)18)17(22)9-5-2-6-13-10-11-23-24-13/h3-4,7-8,13H,2,5-6,9-12H2,1H3,(H,19,21)/t13-/m0/s1. The van der Waals surface area contributed by atoms with Gasteiger partial charge in [-0.25, -0.2) is 0 Å². The number of anilines is 1. The Morgan fingerprint density at radius 1 is 1.33 bits per heavy atom. The molecule has 0 radical (unpaired) electrons. The number of benzene rings is 1. The van der Waals surface area contributed by atoms with Gasteiger partial charge in [0.15, 0.2) is 0 Å². The number of carbonyl (C=O) groups excluding carboxylic acids is 2. The number of hydrogen-bond acceptors (Lipinski definition) is 4. The molecule has 1 saturated heterocycles. The van der Waals surface area contributed by atoms with Crippen LogP contribution in [0, 0.1) is 0 Å². The van der Waals surface area contributed by atoms with Crippen molar-refractivity contribution in [2.24, 2.45) is 0 Å². The highest BCUT2D eigenvalue weighted by molar-refractivity contribution is 8.77. The van der Waals surface area contributed by atoms with Crippen molar-refractivity contribution in [3.05, 3.63) is 29.3 Å². The average Bonchev–Trinajstić information content (AvgIpc) is 3.07. The summed E-state index contributed by atoms with van der Waals surface area (Å²) in [6.07, 6.45) is 4.92. The Balaban J connectivity index is 1.65. The zero-order valence-electron chi connectivity index (χ0n) is 13.8. The first-order chi connectivity index (χ1) is 11.6. The predicted octanol–water partition coefficient (Wildman–Crippen LogP) is 4.45. The van der Waals surface area contributed by atoms with Crippen LogP contribution in [0.15, 0.2) is 24.3 Å². The van der Waals surface area contributed by atoms with Crippen LogP contribution in [0.5, 0.6) is 0 Å². The van der Waals surface area contributed by atoms with Crippen LogP contribution in [0.4, 0.5) is 5.69 Å². The van der Waals surface area contributed by atoms with E-state index in [0.717, 1.165) is 18.1 Å². The lowest BCUT2D eigenvalue weighted by Gasteiger charge is -2.17.